The van der Waals surface area contributed by atoms with E-state index < -0.39 is 119 Å². The lowest BCUT2D eigenvalue weighted by Crippen LogP contribution is -2.61. The maximum Gasteiger partial charge on any atom is 0.239 e. The number of fused-ring (bicyclic) bond motifs is 1. The van der Waals surface area contributed by atoms with Crippen molar-refractivity contribution in [2.45, 2.75) is 68.3 Å². The van der Waals surface area contributed by atoms with Crippen molar-refractivity contribution in [2.75, 3.05) is 13.7 Å². The summed E-state index contributed by atoms with van der Waals surface area (Å²) in [6.45, 7) is 0.797. The number of hydrogen-bond donors (Lipinski definition) is 10. The molecule has 0 amide bonds. The van der Waals surface area contributed by atoms with Crippen molar-refractivity contribution in [1.82, 2.24) is 0 Å². The normalized spacial score (nSPS) is 32.0. The molecule has 0 radical (unpaired) electrons. The van der Waals surface area contributed by atoms with Crippen LogP contribution in [0, 0.1) is 0 Å². The molecule has 17 nitrogen and oxygen atoms in total. The highest BCUT2D eigenvalue weighted by Gasteiger charge is 2.48. The van der Waals surface area contributed by atoms with E-state index in [1.54, 1.807) is 0 Å². The number of aromatic hydroxyl groups is 4. The summed E-state index contributed by atoms with van der Waals surface area (Å²) in [4.78, 5) is 13.8. The van der Waals surface area contributed by atoms with E-state index in [2.05, 4.69) is 0 Å². The summed E-state index contributed by atoms with van der Waals surface area (Å²) in [6.07, 6.45) is -16.3. The van der Waals surface area contributed by atoms with Gasteiger partial charge in [0.15, 0.2) is 35.0 Å². The summed E-state index contributed by atoms with van der Waals surface area (Å²) in [6, 6.07) is 4.27. The fourth-order valence-corrected chi connectivity index (χ4v) is 5.06. The molecule has 246 valence electrons. The van der Waals surface area contributed by atoms with Gasteiger partial charge in [0.2, 0.25) is 23.2 Å². The van der Waals surface area contributed by atoms with Crippen molar-refractivity contribution < 1.29 is 79.2 Å². The Kier molecular flexibility index (Phi) is 9.00. The molecule has 0 bridgehead atoms. The smallest absolute Gasteiger partial charge is 0.239 e. The molecule has 3 heterocycles. The number of phenols is 4. The first-order valence-electron chi connectivity index (χ1n) is 13.5. The first kappa shape index (κ1) is 32.5. The van der Waals surface area contributed by atoms with Crippen LogP contribution >= 0.6 is 0 Å². The zero-order valence-electron chi connectivity index (χ0n) is 23.6. The van der Waals surface area contributed by atoms with Crippen LogP contribution < -0.4 is 14.9 Å². The van der Waals surface area contributed by atoms with E-state index >= 15 is 0 Å². The summed E-state index contributed by atoms with van der Waals surface area (Å²) in [7, 11) is 1.12. The number of aliphatic hydroxyl groups is 6. The van der Waals surface area contributed by atoms with Crippen molar-refractivity contribution in [2.24, 2.45) is 0 Å². The van der Waals surface area contributed by atoms with Gasteiger partial charge < -0.3 is 79.2 Å². The number of ether oxygens (including phenoxy) is 5. The summed E-state index contributed by atoms with van der Waals surface area (Å²) < 4.78 is 32.9. The number of phenolic OH excluding ortho intramolecular Hbond substituents is 4. The van der Waals surface area contributed by atoms with Crippen LogP contribution in [0.2, 0.25) is 0 Å². The van der Waals surface area contributed by atoms with E-state index in [-0.39, 0.29) is 11.1 Å². The number of hydrogen-bond acceptors (Lipinski definition) is 17. The molecule has 0 aliphatic carbocycles. The molecule has 10 N–H and O–H groups in total. The van der Waals surface area contributed by atoms with Crippen molar-refractivity contribution >= 4 is 11.0 Å². The van der Waals surface area contributed by atoms with Crippen molar-refractivity contribution in [3.05, 3.63) is 34.5 Å². The summed E-state index contributed by atoms with van der Waals surface area (Å²) in [5.74, 6) is -4.20. The molecule has 2 saturated heterocycles. The van der Waals surface area contributed by atoms with Crippen LogP contribution in [0.25, 0.3) is 22.3 Å². The highest BCUT2D eigenvalue weighted by molar-refractivity contribution is 5.91. The largest absolute Gasteiger partial charge is 0.504 e. The third kappa shape index (κ3) is 5.81. The first-order valence-corrected chi connectivity index (χ1v) is 13.5. The van der Waals surface area contributed by atoms with Crippen LogP contribution in [0.5, 0.6) is 34.5 Å². The van der Waals surface area contributed by atoms with E-state index in [0.717, 1.165) is 25.3 Å². The van der Waals surface area contributed by atoms with Gasteiger partial charge in [0.1, 0.15) is 53.7 Å². The van der Waals surface area contributed by atoms with Gasteiger partial charge in [-0.15, -0.1) is 0 Å². The van der Waals surface area contributed by atoms with E-state index in [1.807, 2.05) is 0 Å². The second-order valence-corrected chi connectivity index (χ2v) is 10.6. The summed E-state index contributed by atoms with van der Waals surface area (Å²) >= 11 is 0. The molecular formula is C28H32O17. The second kappa shape index (κ2) is 12.5. The first-order chi connectivity index (χ1) is 21.2. The van der Waals surface area contributed by atoms with Crippen LogP contribution in [0.3, 0.4) is 0 Å². The van der Waals surface area contributed by atoms with Crippen LogP contribution in [0.4, 0.5) is 0 Å². The highest BCUT2D eigenvalue weighted by atomic mass is 16.7. The van der Waals surface area contributed by atoms with Crippen LogP contribution in [-0.4, -0.2) is 126 Å². The molecule has 3 aromatic rings. The Morgan fingerprint density at radius 3 is 2.09 bits per heavy atom. The van der Waals surface area contributed by atoms with Gasteiger partial charge in [-0.1, -0.05) is 0 Å². The van der Waals surface area contributed by atoms with Crippen molar-refractivity contribution in [1.29, 1.82) is 0 Å². The molecule has 45 heavy (non-hydrogen) atoms. The fourth-order valence-electron chi connectivity index (χ4n) is 5.06. The number of benzene rings is 2. The van der Waals surface area contributed by atoms with Crippen LogP contribution in [0.15, 0.2) is 33.5 Å². The average molecular weight is 641 g/mol. The Labute approximate surface area is 252 Å². The molecular weight excluding hydrogens is 608 g/mol. The maximum absolute atomic E-state index is 13.8. The lowest BCUT2D eigenvalue weighted by atomic mass is 9.98. The van der Waals surface area contributed by atoms with Crippen molar-refractivity contribution in [3.8, 4) is 45.8 Å². The SMILES string of the molecule is COc1c(O)cc2oc(-c3ccc(O)c(O)c3)c(O[C@@H]3O[C@H](CO[C@@H]4O[C@@H](C)[C@H](O)[C@@H](O)[C@H]4O)[C@H](O)[C@H](O)[C@H]3O)c(=O)c2c1O. The number of rotatable bonds is 7. The van der Waals surface area contributed by atoms with Gasteiger partial charge in [-0.3, -0.25) is 4.79 Å². The molecule has 0 saturated carbocycles. The van der Waals surface area contributed by atoms with Gasteiger partial charge in [0.25, 0.3) is 0 Å². The number of aliphatic hydroxyl groups excluding tert-OH is 6. The van der Waals surface area contributed by atoms with Gasteiger partial charge >= 0.3 is 0 Å². The zero-order chi connectivity index (χ0) is 32.9. The summed E-state index contributed by atoms with van der Waals surface area (Å²) in [5.41, 5.74) is -1.50. The molecule has 2 fully saturated rings. The minimum Gasteiger partial charge on any atom is -0.504 e. The van der Waals surface area contributed by atoms with Gasteiger partial charge in [-0.25, -0.2) is 0 Å². The predicted octanol–water partition coefficient (Wildman–Crippen LogP) is -1.68. The Morgan fingerprint density at radius 1 is 0.756 bits per heavy atom. The van der Waals surface area contributed by atoms with Gasteiger partial charge in [-0.05, 0) is 25.1 Å². The monoisotopic (exact) mass is 640 g/mol. The highest BCUT2D eigenvalue weighted by Crippen LogP contribution is 2.44. The Bertz CT molecular complexity index is 1610. The quantitative estimate of drug-likeness (QED) is 0.129. The lowest BCUT2D eigenvalue weighted by Gasteiger charge is -2.42. The molecule has 2 aliphatic heterocycles. The average Bonchev–Trinajstić information content (AvgIpc) is 3.00. The van der Waals surface area contributed by atoms with Crippen LogP contribution in [-0.2, 0) is 14.2 Å². The van der Waals surface area contributed by atoms with E-state index in [1.165, 1.54) is 13.0 Å². The lowest BCUT2D eigenvalue weighted by molar-refractivity contribution is -0.318. The Hall–Kier alpha value is -3.91. The van der Waals surface area contributed by atoms with Gasteiger partial charge in [0.05, 0.1) is 19.8 Å². The Balaban J connectivity index is 1.51. The molecule has 2 aliphatic rings. The zero-order valence-corrected chi connectivity index (χ0v) is 23.6. The topological polar surface area (TPSA) is 279 Å². The van der Waals surface area contributed by atoms with E-state index in [4.69, 9.17) is 28.1 Å². The molecule has 5 rings (SSSR count). The summed E-state index contributed by atoms with van der Waals surface area (Å²) in [5, 5.41) is 102. The predicted molar refractivity (Wildman–Crippen MR) is 147 cm³/mol. The maximum atomic E-state index is 13.8. The molecule has 2 aromatic carbocycles. The Morgan fingerprint density at radius 2 is 1.42 bits per heavy atom. The van der Waals surface area contributed by atoms with E-state index in [0.29, 0.717) is 0 Å². The van der Waals surface area contributed by atoms with Crippen LogP contribution in [0.1, 0.15) is 6.92 Å². The van der Waals surface area contributed by atoms with Gasteiger partial charge in [-0.2, -0.15) is 0 Å². The molecule has 1 aromatic heterocycles. The fraction of sp³-hybridized carbons (Fsp3) is 0.464. The second-order valence-electron chi connectivity index (χ2n) is 10.6. The van der Waals surface area contributed by atoms with E-state index in [9.17, 15) is 55.9 Å². The third-order valence-electron chi connectivity index (χ3n) is 7.63. The molecule has 10 atom stereocenters. The van der Waals surface area contributed by atoms with Crippen molar-refractivity contribution in [3.63, 3.8) is 0 Å². The third-order valence-corrected chi connectivity index (χ3v) is 7.63. The molecule has 0 unspecified atom stereocenters. The number of methoxy groups -OCH3 is 1. The standard InChI is InChI=1S/C28H32O17/c1-8-16(32)20(36)22(38)27(42-8)41-7-14-17(33)21(37)23(39)28(44-14)45-26-19(35)15-13(6-12(31)25(40-2)18(15)34)43-24(26)9-3-4-10(29)11(30)5-9/h3-6,8,14,16-17,20-23,27-34,36-39H,7H2,1-2H3/t8-,14+,16-,17-,20+,21-,22+,23+,27+,28-/m0/s1. The minimum atomic E-state index is -2.00. The molecule has 17 heteroatoms. The molecule has 0 spiro atoms. The minimum absolute atomic E-state index is 0.0573. The van der Waals surface area contributed by atoms with Gasteiger partial charge in [0, 0.05) is 11.6 Å².